The van der Waals surface area contributed by atoms with E-state index in [1.165, 1.54) is 0 Å². The molecule has 1 aromatic heterocycles. The molecule has 1 aliphatic heterocycles. The number of carbonyl (C=O) groups excluding carboxylic acids is 1. The van der Waals surface area contributed by atoms with Crippen molar-refractivity contribution in [2.75, 3.05) is 11.9 Å². The minimum atomic E-state index is -0.841. The summed E-state index contributed by atoms with van der Waals surface area (Å²) in [7, 11) is 1.89. The average molecular weight is 449 g/mol. The smallest absolute Gasteiger partial charge is 0.303 e. The first-order valence-electron chi connectivity index (χ1n) is 11.0. The van der Waals surface area contributed by atoms with Gasteiger partial charge < -0.3 is 20.1 Å². The number of aromatic nitrogens is 2. The fourth-order valence-corrected chi connectivity index (χ4v) is 4.04. The van der Waals surface area contributed by atoms with E-state index in [4.69, 9.17) is 9.84 Å². The summed E-state index contributed by atoms with van der Waals surface area (Å²) in [5.41, 5.74) is 3.30. The summed E-state index contributed by atoms with van der Waals surface area (Å²) in [6.45, 7) is 2.63. The molecular weight excluding hydrogens is 420 g/mol. The van der Waals surface area contributed by atoms with Crippen LogP contribution in [0.15, 0.2) is 60.5 Å². The van der Waals surface area contributed by atoms with Gasteiger partial charge in [-0.2, -0.15) is 5.10 Å². The van der Waals surface area contributed by atoms with Crippen LogP contribution in [0.1, 0.15) is 40.7 Å². The maximum absolute atomic E-state index is 13.7. The molecule has 1 aromatic carbocycles. The lowest BCUT2D eigenvalue weighted by molar-refractivity contribution is -0.137. The zero-order valence-electron chi connectivity index (χ0n) is 18.8. The molecule has 4 rings (SSSR count). The van der Waals surface area contributed by atoms with Crippen molar-refractivity contribution in [3.63, 3.8) is 0 Å². The summed E-state index contributed by atoms with van der Waals surface area (Å²) in [5, 5.41) is 16.6. The molecule has 0 fully saturated rings. The van der Waals surface area contributed by atoms with Crippen molar-refractivity contribution in [3.8, 4) is 5.75 Å². The number of aryl methyl sites for hydroxylation is 2. The van der Waals surface area contributed by atoms with Crippen molar-refractivity contribution in [1.29, 1.82) is 0 Å². The third kappa shape index (κ3) is 5.00. The molecule has 33 heavy (non-hydrogen) atoms. The van der Waals surface area contributed by atoms with Gasteiger partial charge in [0.15, 0.2) is 0 Å². The van der Waals surface area contributed by atoms with Crippen LogP contribution < -0.4 is 10.1 Å². The van der Waals surface area contributed by atoms with E-state index in [0.717, 1.165) is 29.1 Å². The first-order chi connectivity index (χ1) is 15.9. The van der Waals surface area contributed by atoms with Crippen molar-refractivity contribution >= 4 is 17.7 Å². The predicted octanol–water partition coefficient (Wildman–Crippen LogP) is 3.81. The van der Waals surface area contributed by atoms with Crippen LogP contribution in [0.5, 0.6) is 5.75 Å². The first-order valence-corrected chi connectivity index (χ1v) is 11.0. The summed E-state index contributed by atoms with van der Waals surface area (Å²) < 4.78 is 7.51. The molecule has 8 heteroatoms. The number of nitrogens with zero attached hydrogens (tertiary/aromatic N) is 3. The Balaban J connectivity index is 1.60. The number of carbonyl (C=O) groups is 2. The number of anilines is 1. The van der Waals surface area contributed by atoms with Gasteiger partial charge in [0.25, 0.3) is 5.91 Å². The summed E-state index contributed by atoms with van der Waals surface area (Å²) in [5.74, 6) is 0.618. The fraction of sp³-hybridized carbons (Fsp3) is 0.320. The molecule has 2 aromatic rings. The Labute approximate surface area is 192 Å². The predicted molar refractivity (Wildman–Crippen MR) is 125 cm³/mol. The lowest BCUT2D eigenvalue weighted by atomic mass is 10.0. The molecule has 2 heterocycles. The van der Waals surface area contributed by atoms with Gasteiger partial charge in [-0.05, 0) is 43.5 Å². The Bertz CT molecular complexity index is 1150. The van der Waals surface area contributed by atoms with E-state index in [2.05, 4.69) is 22.6 Å². The summed E-state index contributed by atoms with van der Waals surface area (Å²) in [6, 6.07) is 5.14. The number of nitrogens with one attached hydrogen (secondary N) is 1. The van der Waals surface area contributed by atoms with Crippen LogP contribution in [0.25, 0.3) is 0 Å². The van der Waals surface area contributed by atoms with Gasteiger partial charge in [0, 0.05) is 30.3 Å². The molecule has 1 atom stereocenters. The standard InChI is InChI=1S/C25H28N4O4/c1-17-14-18(11-12-22(17)33-13-7-10-23(30)31)25(32)29-16-19-15-26-28(2)24(19)27-20-8-5-3-4-6-9-21(20)29/h3-4,6,8-9,11-12,14-15,21,27H,5,7,10,13,16H2,1-2H3,(H,30,31)/b4-3-,9-6?,20-8+. The fourth-order valence-electron chi connectivity index (χ4n) is 4.04. The van der Waals surface area contributed by atoms with Crippen molar-refractivity contribution in [2.45, 2.75) is 38.8 Å². The molecule has 0 saturated carbocycles. The number of fused-ring (bicyclic) bond motifs is 2. The molecule has 1 aliphatic carbocycles. The number of aliphatic carboxylic acids is 1. The topological polar surface area (TPSA) is 96.7 Å². The highest BCUT2D eigenvalue weighted by Gasteiger charge is 2.31. The molecule has 0 spiro atoms. The number of carboxylic acids is 1. The van der Waals surface area contributed by atoms with E-state index in [9.17, 15) is 9.59 Å². The second-order valence-electron chi connectivity index (χ2n) is 8.18. The number of carboxylic acid groups (broad SMARTS) is 1. The molecule has 2 N–H and O–H groups in total. The van der Waals surface area contributed by atoms with Crippen LogP contribution in [0.2, 0.25) is 0 Å². The van der Waals surface area contributed by atoms with Crippen molar-refractivity contribution in [1.82, 2.24) is 14.7 Å². The summed E-state index contributed by atoms with van der Waals surface area (Å²) in [6.07, 6.45) is 13.2. The number of benzene rings is 1. The van der Waals surface area contributed by atoms with Crippen LogP contribution in [0, 0.1) is 6.92 Å². The number of hydrogen-bond acceptors (Lipinski definition) is 5. The van der Waals surface area contributed by atoms with Crippen molar-refractivity contribution < 1.29 is 19.4 Å². The normalized spacial score (nSPS) is 19.6. The van der Waals surface area contributed by atoms with Gasteiger partial charge in [0.2, 0.25) is 0 Å². The second kappa shape index (κ2) is 9.77. The van der Waals surface area contributed by atoms with E-state index in [-0.39, 0.29) is 18.4 Å². The molecule has 1 unspecified atom stereocenters. The van der Waals surface area contributed by atoms with E-state index in [1.54, 1.807) is 23.0 Å². The first kappa shape index (κ1) is 22.4. The van der Waals surface area contributed by atoms with E-state index in [1.807, 2.05) is 43.2 Å². The SMILES string of the molecule is Cc1cc(C(=O)N2Cc3cnn(C)c3N/C3=C/C/C=C\C=CC32)ccc1OCCCC(=O)O. The van der Waals surface area contributed by atoms with Gasteiger partial charge >= 0.3 is 5.97 Å². The van der Waals surface area contributed by atoms with Gasteiger partial charge in [-0.3, -0.25) is 14.3 Å². The third-order valence-electron chi connectivity index (χ3n) is 5.76. The Kier molecular flexibility index (Phi) is 6.63. The summed E-state index contributed by atoms with van der Waals surface area (Å²) in [4.78, 5) is 26.2. The zero-order chi connectivity index (χ0) is 23.4. The molecule has 0 radical (unpaired) electrons. The molecule has 2 aliphatic rings. The van der Waals surface area contributed by atoms with Gasteiger partial charge in [-0.15, -0.1) is 0 Å². The lowest BCUT2D eigenvalue weighted by Crippen LogP contribution is -2.40. The Morgan fingerprint density at radius 3 is 2.94 bits per heavy atom. The highest BCUT2D eigenvalue weighted by Crippen LogP contribution is 2.30. The van der Waals surface area contributed by atoms with E-state index >= 15 is 0 Å². The van der Waals surface area contributed by atoms with Crippen LogP contribution in [0.4, 0.5) is 5.82 Å². The Hall–Kier alpha value is -3.81. The molecule has 172 valence electrons. The quantitative estimate of drug-likeness (QED) is 0.653. The van der Waals surface area contributed by atoms with Gasteiger partial charge in [-0.1, -0.05) is 30.4 Å². The minimum Gasteiger partial charge on any atom is -0.493 e. The third-order valence-corrected chi connectivity index (χ3v) is 5.76. The number of rotatable bonds is 6. The van der Waals surface area contributed by atoms with Gasteiger partial charge in [0.1, 0.15) is 11.6 Å². The number of amides is 1. The number of ether oxygens (including phenoxy) is 1. The largest absolute Gasteiger partial charge is 0.493 e. The Morgan fingerprint density at radius 2 is 2.15 bits per heavy atom. The summed E-state index contributed by atoms with van der Waals surface area (Å²) >= 11 is 0. The zero-order valence-corrected chi connectivity index (χ0v) is 18.8. The highest BCUT2D eigenvalue weighted by atomic mass is 16.5. The number of allylic oxidation sites excluding steroid dienone is 4. The van der Waals surface area contributed by atoms with E-state index < -0.39 is 5.97 Å². The van der Waals surface area contributed by atoms with Crippen molar-refractivity contribution in [2.24, 2.45) is 7.05 Å². The van der Waals surface area contributed by atoms with Crippen LogP contribution in [-0.2, 0) is 18.4 Å². The van der Waals surface area contributed by atoms with Gasteiger partial charge in [0.05, 0.1) is 25.4 Å². The van der Waals surface area contributed by atoms with Crippen molar-refractivity contribution in [3.05, 3.63) is 77.2 Å². The Morgan fingerprint density at radius 1 is 1.30 bits per heavy atom. The maximum Gasteiger partial charge on any atom is 0.303 e. The minimum absolute atomic E-state index is 0.0644. The maximum atomic E-state index is 13.7. The van der Waals surface area contributed by atoms with Crippen LogP contribution in [0.3, 0.4) is 0 Å². The van der Waals surface area contributed by atoms with Crippen LogP contribution >= 0.6 is 0 Å². The lowest BCUT2D eigenvalue weighted by Gasteiger charge is -2.30. The average Bonchev–Trinajstić information content (AvgIpc) is 3.03. The molecular formula is C25H28N4O4. The molecule has 8 nitrogen and oxygen atoms in total. The monoisotopic (exact) mass is 448 g/mol. The number of hydrogen-bond donors (Lipinski definition) is 2. The molecule has 1 amide bonds. The molecule has 0 saturated heterocycles. The highest BCUT2D eigenvalue weighted by molar-refractivity contribution is 5.95. The van der Waals surface area contributed by atoms with E-state index in [0.29, 0.717) is 30.9 Å². The molecule has 0 bridgehead atoms. The second-order valence-corrected chi connectivity index (χ2v) is 8.18. The van der Waals surface area contributed by atoms with Crippen LogP contribution in [-0.4, -0.2) is 44.3 Å². The van der Waals surface area contributed by atoms with Gasteiger partial charge in [-0.25, -0.2) is 0 Å².